The summed E-state index contributed by atoms with van der Waals surface area (Å²) in [5.41, 5.74) is 0. The summed E-state index contributed by atoms with van der Waals surface area (Å²) in [5, 5.41) is 3.96. The Labute approximate surface area is 424 Å². The van der Waals surface area contributed by atoms with Crippen LogP contribution in [0.25, 0.3) is 0 Å². The zero-order valence-corrected chi connectivity index (χ0v) is 39.9. The first-order valence-corrected chi connectivity index (χ1v) is 21.5. The van der Waals surface area contributed by atoms with Crippen LogP contribution in [-0.4, -0.2) is 194 Å². The lowest BCUT2D eigenvalue weighted by Gasteiger charge is -2.38. The standard InChI is InChI=1S/C41H52F10N4O21/c1-5-28(56)65-19-9-11-32(60)69-23-15-54(16-24-71-36(63)52-13-21-67-30(58)7-3)34(62)38(44,45)74-41(50,51)75-39(46,47)40(48,49)76-55(27-73-35(42)43,17-25-70-33(61)12-10-20-66-29(57)6-2)18-26-72-37(64)53-14-22-68-31(59)8-4/h5-8,35H,1-4,9-27H2,(H-,52,53,63,64)/p+1. The van der Waals surface area contributed by atoms with Gasteiger partial charge in [0.05, 0.1) is 39.4 Å². The van der Waals surface area contributed by atoms with Crippen molar-refractivity contribution in [1.82, 2.24) is 15.5 Å². The first-order chi connectivity index (χ1) is 35.5. The van der Waals surface area contributed by atoms with E-state index in [1.54, 1.807) is 0 Å². The van der Waals surface area contributed by atoms with Gasteiger partial charge in [0.25, 0.3) is 0 Å². The topological polar surface area (TPSA) is 292 Å². The van der Waals surface area contributed by atoms with E-state index < -0.39 is 195 Å². The molecule has 0 rings (SSSR count). The molecule has 0 aliphatic carbocycles. The second kappa shape index (κ2) is 35.2. The molecule has 0 radical (unpaired) electrons. The summed E-state index contributed by atoms with van der Waals surface area (Å²) in [6, 6.07) is 0. The Balaban J connectivity index is 6.50. The molecular weight excluding hydrogens is 1070 g/mol. The van der Waals surface area contributed by atoms with E-state index in [0.29, 0.717) is 0 Å². The molecule has 25 nitrogen and oxygen atoms in total. The number of carbonyl (C=O) groups is 9. The van der Waals surface area contributed by atoms with Crippen molar-refractivity contribution in [3.8, 4) is 0 Å². The number of quaternary nitrogens is 1. The minimum atomic E-state index is -6.91. The van der Waals surface area contributed by atoms with Gasteiger partial charge in [0, 0.05) is 37.1 Å². The van der Waals surface area contributed by atoms with Gasteiger partial charge >= 0.3 is 85.1 Å². The maximum absolute atomic E-state index is 15.5. The second-order valence-corrected chi connectivity index (χ2v) is 13.9. The summed E-state index contributed by atoms with van der Waals surface area (Å²) in [5.74, 6) is -8.89. The van der Waals surface area contributed by atoms with Crippen molar-refractivity contribution in [2.45, 2.75) is 56.9 Å². The molecular formula is C41H53F10N4O21+. The minimum Gasteiger partial charge on any atom is -0.464 e. The van der Waals surface area contributed by atoms with E-state index in [0.717, 1.165) is 24.3 Å². The molecule has 0 bridgehead atoms. The number of ether oxygens (including phenoxy) is 11. The van der Waals surface area contributed by atoms with Crippen LogP contribution in [0.4, 0.5) is 53.5 Å². The molecule has 0 fully saturated rings. The third-order valence-electron chi connectivity index (χ3n) is 8.26. The van der Waals surface area contributed by atoms with E-state index in [2.05, 4.69) is 73.8 Å². The maximum atomic E-state index is 15.5. The number of hydrogen-bond donors (Lipinski definition) is 2. The summed E-state index contributed by atoms with van der Waals surface area (Å²) < 4.78 is 192. The predicted octanol–water partition coefficient (Wildman–Crippen LogP) is 3.14. The lowest BCUT2D eigenvalue weighted by molar-refractivity contribution is -1.14. The van der Waals surface area contributed by atoms with Crippen LogP contribution < -0.4 is 10.6 Å². The van der Waals surface area contributed by atoms with Gasteiger partial charge in [0.2, 0.25) is 6.73 Å². The normalized spacial score (nSPS) is 12.4. The average molecular weight is 1130 g/mol. The van der Waals surface area contributed by atoms with Crippen molar-refractivity contribution < 1.29 is 149 Å². The molecule has 76 heavy (non-hydrogen) atoms. The van der Waals surface area contributed by atoms with E-state index >= 15 is 26.3 Å². The third-order valence-corrected chi connectivity index (χ3v) is 8.26. The summed E-state index contributed by atoms with van der Waals surface area (Å²) in [4.78, 5) is 110. The van der Waals surface area contributed by atoms with Crippen molar-refractivity contribution in [3.63, 3.8) is 0 Å². The molecule has 0 aromatic rings. The largest absolute Gasteiger partial charge is 0.495 e. The highest BCUT2D eigenvalue weighted by atomic mass is 19.3. The molecule has 3 amide bonds. The number of hydroxylamine groups is 3. The second-order valence-electron chi connectivity index (χ2n) is 13.9. The molecule has 0 spiro atoms. The van der Waals surface area contributed by atoms with Crippen molar-refractivity contribution >= 4 is 53.9 Å². The van der Waals surface area contributed by atoms with Crippen LogP contribution in [0.3, 0.4) is 0 Å². The Morgan fingerprint density at radius 1 is 0.513 bits per heavy atom. The van der Waals surface area contributed by atoms with Gasteiger partial charge in [0.1, 0.15) is 52.7 Å². The fourth-order valence-corrected chi connectivity index (χ4v) is 4.79. The molecule has 0 aliphatic rings. The first kappa shape index (κ1) is 68.9. The van der Waals surface area contributed by atoms with Crippen LogP contribution in [0.15, 0.2) is 50.6 Å². The van der Waals surface area contributed by atoms with Crippen molar-refractivity contribution in [2.24, 2.45) is 0 Å². The monoisotopic (exact) mass is 1130 g/mol. The molecule has 0 saturated heterocycles. The molecule has 0 heterocycles. The number of alkyl carbamates (subject to hydrolysis) is 2. The molecule has 2 N–H and O–H groups in total. The molecule has 35 heteroatoms. The SMILES string of the molecule is C=CC(=O)OCCCC(=O)OCCN(CCOC(=O)NCCOC(=O)C=C)C(=O)C(F)(F)OC(F)(F)OC(F)(F)C(F)(F)O[N+](CCOC(=O)CCCOC(=O)C=C)(CCOC(=O)NCCOC(=O)C=C)COC(F)F. The number of hydrogen-bond acceptors (Lipinski definition) is 21. The zero-order valence-electron chi connectivity index (χ0n) is 39.9. The third kappa shape index (κ3) is 30.3. The summed E-state index contributed by atoms with van der Waals surface area (Å²) >= 11 is 0. The van der Waals surface area contributed by atoms with Crippen LogP contribution in [0.1, 0.15) is 25.7 Å². The zero-order chi connectivity index (χ0) is 58.0. The van der Waals surface area contributed by atoms with Crippen LogP contribution in [0, 0.1) is 0 Å². The van der Waals surface area contributed by atoms with Crippen LogP contribution in [-0.2, 0) is 90.5 Å². The van der Waals surface area contributed by atoms with Gasteiger partial charge in [-0.1, -0.05) is 26.3 Å². The molecule has 1 unspecified atom stereocenters. The highest BCUT2D eigenvalue weighted by molar-refractivity contribution is 5.83. The van der Waals surface area contributed by atoms with Gasteiger partial charge in [-0.3, -0.25) is 19.1 Å². The van der Waals surface area contributed by atoms with Gasteiger partial charge in [-0.05, 0) is 12.8 Å². The summed E-state index contributed by atoms with van der Waals surface area (Å²) in [7, 11) is 0. The average Bonchev–Trinajstić information content (AvgIpc) is 3.34. The Bertz CT molecular complexity index is 1880. The van der Waals surface area contributed by atoms with Gasteiger partial charge in [-0.2, -0.15) is 35.1 Å². The Kier molecular flexibility index (Phi) is 31.9. The van der Waals surface area contributed by atoms with Crippen molar-refractivity contribution in [2.75, 3.05) is 98.9 Å². The lowest BCUT2D eigenvalue weighted by Crippen LogP contribution is -2.62. The van der Waals surface area contributed by atoms with Crippen LogP contribution in [0.5, 0.6) is 0 Å². The Morgan fingerprint density at radius 3 is 1.34 bits per heavy atom. The number of nitrogens with one attached hydrogen (secondary N) is 2. The lowest BCUT2D eigenvalue weighted by atomic mass is 10.3. The van der Waals surface area contributed by atoms with Gasteiger partial charge in [0.15, 0.2) is 0 Å². The highest BCUT2D eigenvalue weighted by Gasteiger charge is 2.70. The Hall–Kier alpha value is -7.11. The smallest absolute Gasteiger partial charge is 0.464 e. The fourth-order valence-electron chi connectivity index (χ4n) is 4.79. The van der Waals surface area contributed by atoms with E-state index in [1.807, 2.05) is 10.6 Å². The van der Waals surface area contributed by atoms with Crippen molar-refractivity contribution in [3.05, 3.63) is 50.6 Å². The number of amides is 3. The minimum absolute atomic E-state index is 0.170. The fraction of sp³-hybridized carbons (Fsp3) is 0.585. The van der Waals surface area contributed by atoms with Gasteiger partial charge in [-0.15, -0.1) is 18.3 Å². The van der Waals surface area contributed by atoms with Gasteiger partial charge < -0.3 is 53.4 Å². The first-order valence-electron chi connectivity index (χ1n) is 21.5. The molecule has 0 aliphatic heterocycles. The van der Waals surface area contributed by atoms with Gasteiger partial charge in [-0.25, -0.2) is 38.2 Å². The molecule has 0 aromatic carbocycles. The van der Waals surface area contributed by atoms with Crippen LogP contribution in [0.2, 0.25) is 0 Å². The number of rotatable bonds is 41. The number of carbonyl (C=O) groups excluding carboxylic acids is 9. The molecule has 432 valence electrons. The van der Waals surface area contributed by atoms with Crippen LogP contribution >= 0.6 is 0 Å². The maximum Gasteiger partial charge on any atom is 0.495 e. The number of esters is 6. The van der Waals surface area contributed by atoms with E-state index in [-0.39, 0.29) is 24.3 Å². The van der Waals surface area contributed by atoms with E-state index in [1.165, 1.54) is 0 Å². The number of alkyl halides is 10. The summed E-state index contributed by atoms with van der Waals surface area (Å²) in [6.45, 7) is -6.18. The van der Waals surface area contributed by atoms with E-state index in [9.17, 15) is 60.7 Å². The predicted molar refractivity (Wildman–Crippen MR) is 225 cm³/mol. The Morgan fingerprint density at radius 2 is 0.908 bits per heavy atom. The highest BCUT2D eigenvalue weighted by Crippen LogP contribution is 2.44. The van der Waals surface area contributed by atoms with E-state index in [4.69, 9.17) is 9.47 Å². The molecule has 1 atom stereocenters. The summed E-state index contributed by atoms with van der Waals surface area (Å²) in [6.07, 6.45) is -27.5. The quantitative estimate of drug-likeness (QED) is 0.0130. The molecule has 0 saturated carbocycles. The number of halogens is 10. The molecule has 0 aromatic heterocycles. The van der Waals surface area contributed by atoms with Crippen molar-refractivity contribution in [1.29, 1.82) is 0 Å². The number of nitrogens with zero attached hydrogens (tertiary/aromatic N) is 2.